The average Bonchev–Trinajstić information content (AvgIpc) is 3.35. The van der Waals surface area contributed by atoms with Crippen molar-refractivity contribution in [1.29, 1.82) is 0 Å². The molecule has 0 unspecified atom stereocenters. The lowest BCUT2D eigenvalue weighted by Crippen LogP contribution is -2.45. The molecule has 0 aliphatic rings. The maximum atomic E-state index is 13.1. The lowest BCUT2D eigenvalue weighted by Gasteiger charge is -2.18. The predicted octanol–water partition coefficient (Wildman–Crippen LogP) is 5.63. The van der Waals surface area contributed by atoms with Crippen LogP contribution < -0.4 is 15.4 Å². The highest BCUT2D eigenvalue weighted by Crippen LogP contribution is 2.28. The molecule has 0 radical (unpaired) electrons. The van der Waals surface area contributed by atoms with Crippen molar-refractivity contribution in [2.45, 2.75) is 64.3 Å². The second-order valence-electron chi connectivity index (χ2n) is 8.46. The van der Waals surface area contributed by atoms with Crippen molar-refractivity contribution in [2.24, 2.45) is 0 Å². The van der Waals surface area contributed by atoms with E-state index in [1.54, 1.807) is 7.11 Å². The van der Waals surface area contributed by atoms with Gasteiger partial charge in [0.25, 0.3) is 0 Å². The van der Waals surface area contributed by atoms with Gasteiger partial charge in [0.15, 0.2) is 0 Å². The summed E-state index contributed by atoms with van der Waals surface area (Å²) in [4.78, 5) is 25.8. The minimum absolute atomic E-state index is 0.106. The van der Waals surface area contributed by atoms with Crippen LogP contribution in [0.25, 0.3) is 10.6 Å². The number of unbranched alkanes of at least 4 members (excludes halogenated alkanes) is 5. The van der Waals surface area contributed by atoms with Crippen LogP contribution >= 0.6 is 11.3 Å². The second-order valence-corrected chi connectivity index (χ2v) is 9.44. The lowest BCUT2D eigenvalue weighted by atomic mass is 10.0. The number of carbonyl (C=O) groups is 2. The van der Waals surface area contributed by atoms with Crippen LogP contribution in [0.15, 0.2) is 54.6 Å². The van der Waals surface area contributed by atoms with Gasteiger partial charge in [-0.2, -0.15) is 0 Å². The summed E-state index contributed by atoms with van der Waals surface area (Å²) in [6.07, 6.45) is 7.46. The summed E-state index contributed by atoms with van der Waals surface area (Å²) < 4.78 is 5.27. The van der Waals surface area contributed by atoms with Crippen molar-refractivity contribution >= 4 is 28.3 Å². The number of ether oxygens (including phenoxy) is 1. The molecule has 0 spiro atoms. The molecule has 0 fully saturated rings. The Bertz CT molecular complexity index is 1070. The molecule has 0 aliphatic carbocycles. The molecule has 1 aromatic heterocycles. The molecule has 2 N–H and O–H groups in total. The summed E-state index contributed by atoms with van der Waals surface area (Å²) in [6, 6.07) is 16.5. The first-order valence-corrected chi connectivity index (χ1v) is 13.0. The van der Waals surface area contributed by atoms with Gasteiger partial charge in [0, 0.05) is 18.4 Å². The van der Waals surface area contributed by atoms with E-state index in [0.29, 0.717) is 23.0 Å². The lowest BCUT2D eigenvalue weighted by molar-refractivity contribution is -0.126. The monoisotopic (exact) mass is 494 g/mol. The SMILES string of the molecule is CCCCCCCCC(=O)N[C@@H](Cc1ccccc1)C(=O)Nc1nnc(-c2cccc(OC)c2)s1. The topological polar surface area (TPSA) is 93.2 Å². The van der Waals surface area contributed by atoms with Crippen molar-refractivity contribution in [2.75, 3.05) is 12.4 Å². The summed E-state index contributed by atoms with van der Waals surface area (Å²) in [6.45, 7) is 2.19. The summed E-state index contributed by atoms with van der Waals surface area (Å²) in [5, 5.41) is 15.2. The third-order valence-electron chi connectivity index (χ3n) is 5.66. The Hall–Kier alpha value is -3.26. The van der Waals surface area contributed by atoms with E-state index >= 15 is 0 Å². The van der Waals surface area contributed by atoms with E-state index in [1.807, 2.05) is 54.6 Å². The first-order chi connectivity index (χ1) is 17.1. The van der Waals surface area contributed by atoms with Gasteiger partial charge in [-0.25, -0.2) is 0 Å². The summed E-state index contributed by atoms with van der Waals surface area (Å²) in [7, 11) is 1.61. The molecule has 0 saturated carbocycles. The Kier molecular flexibility index (Phi) is 10.7. The second kappa shape index (κ2) is 14.2. The van der Waals surface area contributed by atoms with Gasteiger partial charge in [0.1, 0.15) is 16.8 Å². The maximum Gasteiger partial charge on any atom is 0.249 e. The largest absolute Gasteiger partial charge is 0.497 e. The molecule has 3 aromatic rings. The molecule has 7 nitrogen and oxygen atoms in total. The minimum atomic E-state index is -0.700. The van der Waals surface area contributed by atoms with Gasteiger partial charge in [0.2, 0.25) is 16.9 Å². The van der Waals surface area contributed by atoms with Crippen molar-refractivity contribution in [3.05, 3.63) is 60.2 Å². The number of hydrogen-bond acceptors (Lipinski definition) is 6. The van der Waals surface area contributed by atoms with Crippen LogP contribution in [0.4, 0.5) is 5.13 Å². The minimum Gasteiger partial charge on any atom is -0.497 e. The highest BCUT2D eigenvalue weighted by Gasteiger charge is 2.22. The molecule has 3 rings (SSSR count). The number of nitrogens with one attached hydrogen (secondary N) is 2. The zero-order valence-corrected chi connectivity index (χ0v) is 21.3. The fourth-order valence-corrected chi connectivity index (χ4v) is 4.47. The van der Waals surface area contributed by atoms with E-state index < -0.39 is 6.04 Å². The van der Waals surface area contributed by atoms with Gasteiger partial charge in [-0.05, 0) is 24.1 Å². The third kappa shape index (κ3) is 8.79. The number of nitrogens with zero attached hydrogens (tertiary/aromatic N) is 2. The number of hydrogen-bond donors (Lipinski definition) is 2. The van der Waals surface area contributed by atoms with Gasteiger partial charge in [0.05, 0.1) is 7.11 Å². The van der Waals surface area contributed by atoms with Crippen LogP contribution in [0.2, 0.25) is 0 Å². The number of anilines is 1. The Balaban J connectivity index is 1.62. The van der Waals surface area contributed by atoms with Gasteiger partial charge in [-0.3, -0.25) is 14.9 Å². The molecule has 8 heteroatoms. The first-order valence-electron chi connectivity index (χ1n) is 12.2. The Morgan fingerprint density at radius 2 is 1.74 bits per heavy atom. The normalized spacial score (nSPS) is 11.6. The maximum absolute atomic E-state index is 13.1. The molecule has 1 atom stereocenters. The van der Waals surface area contributed by atoms with Crippen molar-refractivity contribution in [3.63, 3.8) is 0 Å². The van der Waals surface area contributed by atoms with Gasteiger partial charge >= 0.3 is 0 Å². The van der Waals surface area contributed by atoms with E-state index in [1.165, 1.54) is 30.6 Å². The molecule has 2 amide bonds. The number of benzene rings is 2. The number of amides is 2. The fourth-order valence-electron chi connectivity index (χ4n) is 3.73. The average molecular weight is 495 g/mol. The zero-order valence-electron chi connectivity index (χ0n) is 20.5. The Labute approximate surface area is 211 Å². The van der Waals surface area contributed by atoms with E-state index in [9.17, 15) is 9.59 Å². The molecular weight excluding hydrogens is 460 g/mol. The number of rotatable bonds is 14. The summed E-state index contributed by atoms with van der Waals surface area (Å²) >= 11 is 1.28. The highest BCUT2D eigenvalue weighted by molar-refractivity contribution is 7.18. The Morgan fingerprint density at radius 1 is 0.971 bits per heavy atom. The molecule has 186 valence electrons. The van der Waals surface area contributed by atoms with Crippen molar-refractivity contribution in [3.8, 4) is 16.3 Å². The summed E-state index contributed by atoms with van der Waals surface area (Å²) in [5.41, 5.74) is 1.83. The van der Waals surface area contributed by atoms with Crippen molar-refractivity contribution < 1.29 is 14.3 Å². The summed E-state index contributed by atoms with van der Waals surface area (Å²) in [5.74, 6) is 0.309. The smallest absolute Gasteiger partial charge is 0.249 e. The highest BCUT2D eigenvalue weighted by atomic mass is 32.1. The molecule has 35 heavy (non-hydrogen) atoms. The quantitative estimate of drug-likeness (QED) is 0.283. The van der Waals surface area contributed by atoms with Crippen molar-refractivity contribution in [1.82, 2.24) is 15.5 Å². The van der Waals surface area contributed by atoms with Gasteiger partial charge < -0.3 is 10.1 Å². The number of methoxy groups -OCH3 is 1. The zero-order chi connectivity index (χ0) is 24.9. The van der Waals surface area contributed by atoms with Gasteiger partial charge in [-0.1, -0.05) is 92.8 Å². The van der Waals surface area contributed by atoms with E-state index in [0.717, 1.165) is 36.1 Å². The number of aromatic nitrogens is 2. The molecule has 0 bridgehead atoms. The predicted molar refractivity (Wildman–Crippen MR) is 141 cm³/mol. The first kappa shape index (κ1) is 26.3. The molecule has 0 saturated heterocycles. The third-order valence-corrected chi connectivity index (χ3v) is 6.55. The van der Waals surface area contributed by atoms with Crippen LogP contribution in [-0.2, 0) is 16.0 Å². The molecule has 1 heterocycles. The van der Waals surface area contributed by atoms with E-state index in [-0.39, 0.29) is 11.8 Å². The molecular formula is C27H34N4O3S. The van der Waals surface area contributed by atoms with Crippen LogP contribution in [0.5, 0.6) is 5.75 Å². The van der Waals surface area contributed by atoms with Crippen LogP contribution in [0.1, 0.15) is 57.4 Å². The molecule has 2 aromatic carbocycles. The Morgan fingerprint density at radius 3 is 2.51 bits per heavy atom. The van der Waals surface area contributed by atoms with Gasteiger partial charge in [-0.15, -0.1) is 10.2 Å². The standard InChI is InChI=1S/C27H34N4O3S/c1-3-4-5-6-7-11-17-24(32)28-23(18-20-13-9-8-10-14-20)25(33)29-27-31-30-26(35-27)21-15-12-16-22(19-21)34-2/h8-10,12-16,19,23H,3-7,11,17-18H2,1-2H3,(H,28,32)(H,29,31,33)/t23-/m0/s1. The van der Waals surface area contributed by atoms with Crippen LogP contribution in [0.3, 0.4) is 0 Å². The van der Waals surface area contributed by atoms with E-state index in [4.69, 9.17) is 4.74 Å². The van der Waals surface area contributed by atoms with Crippen LogP contribution in [0, 0.1) is 0 Å². The molecule has 0 aliphatic heterocycles. The fraction of sp³-hybridized carbons (Fsp3) is 0.407. The number of carbonyl (C=O) groups excluding carboxylic acids is 2. The van der Waals surface area contributed by atoms with Crippen LogP contribution in [-0.4, -0.2) is 35.2 Å². The van der Waals surface area contributed by atoms with E-state index in [2.05, 4.69) is 27.8 Å².